The van der Waals surface area contributed by atoms with Crippen molar-refractivity contribution in [3.8, 4) is 0 Å². The van der Waals surface area contributed by atoms with Crippen LogP contribution in [0.4, 0.5) is 5.13 Å². The number of sulfone groups is 1. The number of nitrogens with zero attached hydrogens (tertiary/aromatic N) is 2. The zero-order valence-corrected chi connectivity index (χ0v) is 18.5. The van der Waals surface area contributed by atoms with Gasteiger partial charge in [0.15, 0.2) is 15.0 Å². The minimum absolute atomic E-state index is 0.0168. The van der Waals surface area contributed by atoms with E-state index < -0.39 is 26.7 Å². The molecule has 0 bridgehead atoms. The van der Waals surface area contributed by atoms with Gasteiger partial charge in [-0.2, -0.15) is 0 Å². The smallest absolute Gasteiger partial charge is 0.252 e. The fraction of sp³-hybridized carbons (Fsp3) is 0.526. The van der Waals surface area contributed by atoms with E-state index in [-0.39, 0.29) is 16.7 Å². The second-order valence-electron chi connectivity index (χ2n) is 7.62. The molecular weight excluding hydrogens is 450 g/mol. The minimum atomic E-state index is -3.48. The van der Waals surface area contributed by atoms with Crippen molar-refractivity contribution in [3.63, 3.8) is 0 Å². The first-order valence-corrected chi connectivity index (χ1v) is 12.5. The van der Waals surface area contributed by atoms with Gasteiger partial charge in [-0.05, 0) is 44.1 Å². The van der Waals surface area contributed by atoms with Crippen LogP contribution in [0.1, 0.15) is 38.1 Å². The van der Waals surface area contributed by atoms with Gasteiger partial charge in [0.1, 0.15) is 10.4 Å². The molecule has 11 heteroatoms. The van der Waals surface area contributed by atoms with E-state index in [1.54, 1.807) is 0 Å². The van der Waals surface area contributed by atoms with E-state index in [1.165, 1.54) is 23.0 Å². The standard InChI is InChI=1S/C19H22ClN3O5S2/c20-16-11-21-19(29-16)22-18(25)15(9-12-4-7-28-8-5-12)23-6-3-14(10-17(23)24)30(26,27)13-1-2-13/h3,6,10-13,15H,1-2,4-5,7-9H2,(H,21,22,25)/t15-/m1/s1. The summed E-state index contributed by atoms with van der Waals surface area (Å²) >= 11 is 7.02. The van der Waals surface area contributed by atoms with Gasteiger partial charge in [-0.3, -0.25) is 9.59 Å². The van der Waals surface area contributed by atoms with Crippen LogP contribution in [0, 0.1) is 5.92 Å². The fourth-order valence-electron chi connectivity index (χ4n) is 3.62. The van der Waals surface area contributed by atoms with Crippen LogP contribution in [0.2, 0.25) is 4.34 Å². The molecule has 1 saturated heterocycles. The highest BCUT2D eigenvalue weighted by Gasteiger charge is 2.37. The number of pyridine rings is 1. The lowest BCUT2D eigenvalue weighted by Crippen LogP contribution is -2.35. The fourth-order valence-corrected chi connectivity index (χ4v) is 6.09. The van der Waals surface area contributed by atoms with Crippen LogP contribution in [0.15, 0.2) is 34.2 Å². The van der Waals surface area contributed by atoms with Crippen molar-refractivity contribution in [2.75, 3.05) is 18.5 Å². The topological polar surface area (TPSA) is 107 Å². The molecule has 2 aromatic rings. The van der Waals surface area contributed by atoms with Gasteiger partial charge in [0.25, 0.3) is 5.56 Å². The summed E-state index contributed by atoms with van der Waals surface area (Å²) < 4.78 is 32.1. The van der Waals surface area contributed by atoms with Crippen molar-refractivity contribution >= 4 is 43.8 Å². The summed E-state index contributed by atoms with van der Waals surface area (Å²) in [5, 5.41) is 2.68. The van der Waals surface area contributed by atoms with Gasteiger partial charge in [0.2, 0.25) is 5.91 Å². The van der Waals surface area contributed by atoms with Crippen molar-refractivity contribution < 1.29 is 17.9 Å². The summed E-state index contributed by atoms with van der Waals surface area (Å²) in [5.74, 6) is -0.163. The number of carbonyl (C=O) groups excluding carboxylic acids is 1. The number of anilines is 1. The molecule has 0 aromatic carbocycles. The normalized spacial score (nSPS) is 18.8. The largest absolute Gasteiger partial charge is 0.381 e. The van der Waals surface area contributed by atoms with E-state index in [2.05, 4.69) is 10.3 Å². The Kier molecular flexibility index (Phi) is 6.29. The minimum Gasteiger partial charge on any atom is -0.381 e. The highest BCUT2D eigenvalue weighted by atomic mass is 35.5. The average Bonchev–Trinajstić information content (AvgIpc) is 3.51. The molecule has 0 spiro atoms. The number of aromatic nitrogens is 2. The number of hydrogen-bond acceptors (Lipinski definition) is 7. The average molecular weight is 472 g/mol. The maximum Gasteiger partial charge on any atom is 0.252 e. The van der Waals surface area contributed by atoms with Gasteiger partial charge in [0, 0.05) is 25.5 Å². The van der Waals surface area contributed by atoms with Crippen LogP contribution in [-0.2, 0) is 19.4 Å². The first-order valence-electron chi connectivity index (χ1n) is 9.80. The summed E-state index contributed by atoms with van der Waals surface area (Å²) in [6.45, 7) is 1.24. The number of amides is 1. The zero-order valence-electron chi connectivity index (χ0n) is 16.1. The van der Waals surface area contributed by atoms with Crippen molar-refractivity contribution in [2.24, 2.45) is 5.92 Å². The van der Waals surface area contributed by atoms with Gasteiger partial charge in [-0.1, -0.05) is 22.9 Å². The third kappa shape index (κ3) is 4.77. The quantitative estimate of drug-likeness (QED) is 0.665. The number of thiazole rings is 1. The molecule has 1 atom stereocenters. The number of carbonyl (C=O) groups is 1. The highest BCUT2D eigenvalue weighted by molar-refractivity contribution is 7.92. The van der Waals surface area contributed by atoms with Crippen molar-refractivity contribution in [3.05, 3.63) is 39.2 Å². The Morgan fingerprint density at radius 1 is 1.33 bits per heavy atom. The van der Waals surface area contributed by atoms with Crippen molar-refractivity contribution in [1.29, 1.82) is 0 Å². The SMILES string of the molecule is O=C(Nc1ncc(Cl)s1)[C@@H](CC1CCOCC1)n1ccc(S(=O)(=O)C2CC2)cc1=O. The maximum absolute atomic E-state index is 13.1. The van der Waals surface area contributed by atoms with E-state index in [0.717, 1.165) is 30.2 Å². The van der Waals surface area contributed by atoms with Crippen LogP contribution in [0.3, 0.4) is 0 Å². The molecule has 2 aliphatic rings. The third-order valence-electron chi connectivity index (χ3n) is 5.45. The monoisotopic (exact) mass is 471 g/mol. The van der Waals surface area contributed by atoms with Crippen molar-refractivity contribution in [1.82, 2.24) is 9.55 Å². The maximum atomic E-state index is 13.1. The van der Waals surface area contributed by atoms with Gasteiger partial charge in [-0.15, -0.1) is 0 Å². The van der Waals surface area contributed by atoms with E-state index >= 15 is 0 Å². The second-order valence-corrected chi connectivity index (χ2v) is 11.5. The lowest BCUT2D eigenvalue weighted by atomic mass is 9.92. The summed E-state index contributed by atoms with van der Waals surface area (Å²) in [6.07, 6.45) is 6.15. The molecule has 1 aliphatic carbocycles. The number of rotatable bonds is 7. The van der Waals surface area contributed by atoms with Gasteiger partial charge in [0.05, 0.1) is 16.3 Å². The van der Waals surface area contributed by atoms with Gasteiger partial charge >= 0.3 is 0 Å². The molecule has 3 heterocycles. The molecule has 0 radical (unpaired) electrons. The first-order chi connectivity index (χ1) is 14.3. The molecule has 30 heavy (non-hydrogen) atoms. The molecule has 1 saturated carbocycles. The number of hydrogen-bond donors (Lipinski definition) is 1. The molecule has 0 unspecified atom stereocenters. The van der Waals surface area contributed by atoms with Crippen LogP contribution < -0.4 is 10.9 Å². The summed E-state index contributed by atoms with van der Waals surface area (Å²) in [5.41, 5.74) is -0.513. The molecule has 1 aliphatic heterocycles. The Hall–Kier alpha value is -1.75. The molecule has 4 rings (SSSR count). The number of ether oxygens (including phenoxy) is 1. The van der Waals surface area contributed by atoms with E-state index in [9.17, 15) is 18.0 Å². The molecule has 2 fully saturated rings. The molecule has 1 amide bonds. The molecular formula is C19H22ClN3O5S2. The Morgan fingerprint density at radius 2 is 2.07 bits per heavy atom. The Balaban J connectivity index is 1.62. The van der Waals surface area contributed by atoms with Gasteiger partial charge < -0.3 is 14.6 Å². The Bertz CT molecular complexity index is 1090. The zero-order chi connectivity index (χ0) is 21.3. The Labute approximate surface area is 183 Å². The van der Waals surface area contributed by atoms with E-state index in [1.807, 2.05) is 0 Å². The lowest BCUT2D eigenvalue weighted by molar-refractivity contribution is -0.120. The van der Waals surface area contributed by atoms with Crippen LogP contribution >= 0.6 is 22.9 Å². The number of nitrogens with one attached hydrogen (secondary N) is 1. The second kappa shape index (κ2) is 8.78. The molecule has 8 nitrogen and oxygen atoms in total. The summed E-state index contributed by atoms with van der Waals surface area (Å²) in [7, 11) is -3.48. The molecule has 1 N–H and O–H groups in total. The molecule has 162 valence electrons. The third-order valence-corrected chi connectivity index (χ3v) is 8.75. The Morgan fingerprint density at radius 3 is 2.67 bits per heavy atom. The summed E-state index contributed by atoms with van der Waals surface area (Å²) in [4.78, 5) is 29.9. The van der Waals surface area contributed by atoms with Gasteiger partial charge in [-0.25, -0.2) is 13.4 Å². The lowest BCUT2D eigenvalue weighted by Gasteiger charge is -2.27. The van der Waals surface area contributed by atoms with Crippen LogP contribution in [-0.4, -0.2) is 42.3 Å². The summed E-state index contributed by atoms with van der Waals surface area (Å²) in [6, 6.07) is 1.75. The first kappa shape index (κ1) is 21.5. The molecule has 2 aromatic heterocycles. The van der Waals surface area contributed by atoms with E-state index in [4.69, 9.17) is 16.3 Å². The number of halogens is 1. The highest BCUT2D eigenvalue weighted by Crippen LogP contribution is 2.33. The predicted molar refractivity (Wildman–Crippen MR) is 114 cm³/mol. The van der Waals surface area contributed by atoms with Crippen LogP contribution in [0.25, 0.3) is 0 Å². The van der Waals surface area contributed by atoms with E-state index in [0.29, 0.717) is 41.9 Å². The predicted octanol–water partition coefficient (Wildman–Crippen LogP) is 2.89. The van der Waals surface area contributed by atoms with Crippen molar-refractivity contribution in [2.45, 2.75) is 48.3 Å². The van der Waals surface area contributed by atoms with Crippen LogP contribution in [0.5, 0.6) is 0 Å².